The van der Waals surface area contributed by atoms with Crippen molar-refractivity contribution in [2.45, 2.75) is 6.92 Å². The maximum absolute atomic E-state index is 13.2. The molecular formula is C26H24N4O3. The molecule has 1 heterocycles. The number of benzene rings is 3. The third kappa shape index (κ3) is 5.34. The topological polar surface area (TPSA) is 85.3 Å². The van der Waals surface area contributed by atoms with Gasteiger partial charge in [-0.05, 0) is 43.3 Å². The van der Waals surface area contributed by atoms with Crippen LogP contribution in [0.5, 0.6) is 0 Å². The molecule has 0 aliphatic carbocycles. The van der Waals surface area contributed by atoms with Gasteiger partial charge in [-0.3, -0.25) is 9.59 Å². The van der Waals surface area contributed by atoms with Gasteiger partial charge in [0.25, 0.3) is 5.91 Å². The first-order chi connectivity index (χ1) is 16.0. The number of carbonyl (C=O) groups is 2. The van der Waals surface area contributed by atoms with Crippen LogP contribution in [0.2, 0.25) is 0 Å². The Balaban J connectivity index is 1.60. The van der Waals surface area contributed by atoms with Crippen molar-refractivity contribution in [2.24, 2.45) is 0 Å². The number of amides is 2. The Morgan fingerprint density at radius 2 is 1.52 bits per heavy atom. The van der Waals surface area contributed by atoms with Crippen molar-refractivity contribution < 1.29 is 14.3 Å². The minimum Gasteiger partial charge on any atom is -0.375 e. The summed E-state index contributed by atoms with van der Waals surface area (Å²) >= 11 is 0. The van der Waals surface area contributed by atoms with Crippen LogP contribution in [0, 0.1) is 6.92 Å². The second kappa shape index (κ2) is 9.93. The quantitative estimate of drug-likeness (QED) is 0.437. The fourth-order valence-electron chi connectivity index (χ4n) is 3.34. The van der Waals surface area contributed by atoms with Gasteiger partial charge < -0.3 is 15.4 Å². The lowest BCUT2D eigenvalue weighted by molar-refractivity contribution is -0.119. The fourth-order valence-corrected chi connectivity index (χ4v) is 3.34. The molecule has 0 aliphatic rings. The lowest BCUT2D eigenvalue weighted by Crippen LogP contribution is -2.17. The molecule has 2 N–H and O–H groups in total. The Morgan fingerprint density at radius 1 is 0.879 bits per heavy atom. The number of hydrogen-bond acceptors (Lipinski definition) is 4. The van der Waals surface area contributed by atoms with Crippen molar-refractivity contribution in [3.8, 4) is 16.9 Å². The van der Waals surface area contributed by atoms with Crippen molar-refractivity contribution >= 4 is 23.2 Å². The molecular weight excluding hydrogens is 416 g/mol. The van der Waals surface area contributed by atoms with Crippen LogP contribution in [0.25, 0.3) is 16.9 Å². The Hall–Kier alpha value is -4.23. The number of ether oxygens (including phenoxy) is 1. The molecule has 0 radical (unpaired) electrons. The highest BCUT2D eigenvalue weighted by molar-refractivity contribution is 6.08. The first-order valence-electron chi connectivity index (χ1n) is 10.5. The van der Waals surface area contributed by atoms with Gasteiger partial charge in [0.05, 0.1) is 11.3 Å². The third-order valence-electron chi connectivity index (χ3n) is 5.01. The molecule has 1 aromatic heterocycles. The fraction of sp³-hybridized carbons (Fsp3) is 0.115. The Kier molecular flexibility index (Phi) is 6.61. The summed E-state index contributed by atoms with van der Waals surface area (Å²) in [7, 11) is 1.46. The van der Waals surface area contributed by atoms with Gasteiger partial charge in [-0.15, -0.1) is 0 Å². The van der Waals surface area contributed by atoms with Crippen LogP contribution in [0.4, 0.5) is 11.4 Å². The molecule has 0 saturated carbocycles. The summed E-state index contributed by atoms with van der Waals surface area (Å²) in [6.45, 7) is 2.00. The molecule has 33 heavy (non-hydrogen) atoms. The normalized spacial score (nSPS) is 10.6. The predicted octanol–water partition coefficient (Wildman–Crippen LogP) is 4.68. The molecule has 0 spiro atoms. The molecule has 4 rings (SSSR count). The van der Waals surface area contributed by atoms with E-state index in [0.717, 1.165) is 16.8 Å². The van der Waals surface area contributed by atoms with Gasteiger partial charge in [0.2, 0.25) is 5.91 Å². The first-order valence-corrected chi connectivity index (χ1v) is 10.5. The number of anilines is 2. The minimum absolute atomic E-state index is 0.0221. The van der Waals surface area contributed by atoms with E-state index in [1.807, 2.05) is 61.5 Å². The Morgan fingerprint density at radius 3 is 2.15 bits per heavy atom. The van der Waals surface area contributed by atoms with Crippen LogP contribution in [0.3, 0.4) is 0 Å². The van der Waals surface area contributed by atoms with Crippen LogP contribution >= 0.6 is 0 Å². The van der Waals surface area contributed by atoms with Gasteiger partial charge in [0, 0.05) is 30.2 Å². The number of aryl methyl sites for hydroxylation is 1. The smallest absolute Gasteiger partial charge is 0.259 e. The second-order valence-electron chi connectivity index (χ2n) is 7.55. The average molecular weight is 441 g/mol. The van der Waals surface area contributed by atoms with E-state index in [2.05, 4.69) is 10.6 Å². The largest absolute Gasteiger partial charge is 0.375 e. The lowest BCUT2D eigenvalue weighted by Gasteiger charge is -2.08. The lowest BCUT2D eigenvalue weighted by atomic mass is 10.1. The summed E-state index contributed by atoms with van der Waals surface area (Å²) in [5.74, 6) is -0.520. The van der Waals surface area contributed by atoms with Crippen molar-refractivity contribution in [1.29, 1.82) is 0 Å². The SMILES string of the molecule is COCC(=O)Nc1ccc(NC(=O)c2cn(-c3ccc(C)cc3)nc2-c2ccccc2)cc1. The summed E-state index contributed by atoms with van der Waals surface area (Å²) in [5.41, 5.74) is 5.14. The number of nitrogens with one attached hydrogen (secondary N) is 2. The minimum atomic E-state index is -0.275. The van der Waals surface area contributed by atoms with E-state index in [0.29, 0.717) is 22.6 Å². The van der Waals surface area contributed by atoms with Crippen molar-refractivity contribution in [2.75, 3.05) is 24.4 Å². The molecule has 0 atom stereocenters. The van der Waals surface area contributed by atoms with E-state index >= 15 is 0 Å². The third-order valence-corrected chi connectivity index (χ3v) is 5.01. The second-order valence-corrected chi connectivity index (χ2v) is 7.55. The van der Waals surface area contributed by atoms with Crippen LogP contribution < -0.4 is 10.6 Å². The maximum Gasteiger partial charge on any atom is 0.259 e. The van der Waals surface area contributed by atoms with E-state index in [-0.39, 0.29) is 18.4 Å². The van der Waals surface area contributed by atoms with E-state index < -0.39 is 0 Å². The van der Waals surface area contributed by atoms with Crippen LogP contribution in [-0.4, -0.2) is 35.3 Å². The van der Waals surface area contributed by atoms with Crippen LogP contribution in [0.15, 0.2) is 85.1 Å². The van der Waals surface area contributed by atoms with Gasteiger partial charge in [-0.1, -0.05) is 48.0 Å². The highest BCUT2D eigenvalue weighted by atomic mass is 16.5. The molecule has 0 unspecified atom stereocenters. The molecule has 166 valence electrons. The molecule has 0 bridgehead atoms. The number of rotatable bonds is 7. The zero-order valence-electron chi connectivity index (χ0n) is 18.4. The molecule has 0 saturated heterocycles. The summed E-state index contributed by atoms with van der Waals surface area (Å²) in [4.78, 5) is 24.9. The maximum atomic E-state index is 13.2. The number of carbonyl (C=O) groups excluding carboxylic acids is 2. The van der Waals surface area contributed by atoms with E-state index in [1.165, 1.54) is 7.11 Å². The van der Waals surface area contributed by atoms with Crippen LogP contribution in [-0.2, 0) is 9.53 Å². The van der Waals surface area contributed by atoms with Crippen LogP contribution in [0.1, 0.15) is 15.9 Å². The Labute approximate surface area is 192 Å². The van der Waals surface area contributed by atoms with Gasteiger partial charge >= 0.3 is 0 Å². The highest BCUT2D eigenvalue weighted by Crippen LogP contribution is 2.25. The average Bonchev–Trinajstić information content (AvgIpc) is 3.27. The zero-order valence-corrected chi connectivity index (χ0v) is 18.4. The van der Waals surface area contributed by atoms with Crippen molar-refractivity contribution in [3.63, 3.8) is 0 Å². The van der Waals surface area contributed by atoms with Gasteiger partial charge in [-0.2, -0.15) is 5.10 Å². The highest BCUT2D eigenvalue weighted by Gasteiger charge is 2.19. The summed E-state index contributed by atoms with van der Waals surface area (Å²) in [6, 6.07) is 24.5. The number of methoxy groups -OCH3 is 1. The molecule has 4 aromatic rings. The van der Waals surface area contributed by atoms with Gasteiger partial charge in [0.15, 0.2) is 0 Å². The van der Waals surface area contributed by atoms with Crippen molar-refractivity contribution in [1.82, 2.24) is 9.78 Å². The zero-order chi connectivity index (χ0) is 23.2. The standard InChI is InChI=1S/C26H24N4O3/c1-18-8-14-22(15-9-18)30-16-23(25(29-30)19-6-4-3-5-7-19)26(32)28-21-12-10-20(11-13-21)27-24(31)17-33-2/h3-16H,17H2,1-2H3,(H,27,31)(H,28,32). The molecule has 7 heteroatoms. The van der Waals surface area contributed by atoms with E-state index in [4.69, 9.17) is 9.84 Å². The molecule has 7 nitrogen and oxygen atoms in total. The monoisotopic (exact) mass is 440 g/mol. The first kappa shape index (κ1) is 22.0. The molecule has 0 fully saturated rings. The molecule has 2 amide bonds. The number of aromatic nitrogens is 2. The van der Waals surface area contributed by atoms with Gasteiger partial charge in [0.1, 0.15) is 12.3 Å². The van der Waals surface area contributed by atoms with E-state index in [1.54, 1.807) is 35.1 Å². The summed E-state index contributed by atoms with van der Waals surface area (Å²) < 4.78 is 6.53. The molecule has 0 aliphatic heterocycles. The summed E-state index contributed by atoms with van der Waals surface area (Å²) in [5, 5.41) is 10.3. The van der Waals surface area contributed by atoms with Gasteiger partial charge in [-0.25, -0.2) is 4.68 Å². The Bertz CT molecular complexity index is 1250. The number of nitrogens with zero attached hydrogens (tertiary/aromatic N) is 2. The predicted molar refractivity (Wildman–Crippen MR) is 129 cm³/mol. The summed E-state index contributed by atoms with van der Waals surface area (Å²) in [6.07, 6.45) is 1.74. The van der Waals surface area contributed by atoms with Crippen molar-refractivity contribution in [3.05, 3.63) is 96.2 Å². The molecule has 3 aromatic carbocycles. The van der Waals surface area contributed by atoms with E-state index in [9.17, 15) is 9.59 Å². The number of hydrogen-bond donors (Lipinski definition) is 2.